The van der Waals surface area contributed by atoms with E-state index in [4.69, 9.17) is 0 Å². The van der Waals surface area contributed by atoms with Gasteiger partial charge >= 0.3 is 0 Å². The van der Waals surface area contributed by atoms with Crippen molar-refractivity contribution in [2.75, 3.05) is 6.16 Å². The molecule has 1 heteroatoms. The highest BCUT2D eigenvalue weighted by Crippen LogP contribution is 2.41. The Morgan fingerprint density at radius 3 is 2.06 bits per heavy atom. The monoisotopic (exact) mass is 258 g/mol. The lowest BCUT2D eigenvalue weighted by Crippen LogP contribution is -2.20. The van der Waals surface area contributed by atoms with Crippen LogP contribution in [0, 0.1) is 11.3 Å². The standard InChI is InChI=1S/C16H35P/c1-8-10-11-16(7,9-2)17-13-14(3)12-15(4,5)6/h14,17H,8-13H2,1-7H3. The van der Waals surface area contributed by atoms with E-state index in [0.717, 1.165) is 14.5 Å². The van der Waals surface area contributed by atoms with Gasteiger partial charge in [0.05, 0.1) is 0 Å². The zero-order valence-corrected chi connectivity index (χ0v) is 14.3. The number of unbranched alkanes of at least 4 members (excludes halogenated alkanes) is 1. The lowest BCUT2D eigenvalue weighted by Gasteiger charge is -2.31. The van der Waals surface area contributed by atoms with Crippen LogP contribution in [0.1, 0.15) is 80.6 Å². The Kier molecular flexibility index (Phi) is 7.97. The largest absolute Gasteiger partial charge is 0.116 e. The molecule has 0 aliphatic heterocycles. The quantitative estimate of drug-likeness (QED) is 0.462. The van der Waals surface area contributed by atoms with E-state index >= 15 is 0 Å². The molecule has 3 unspecified atom stereocenters. The molecule has 0 heterocycles. The van der Waals surface area contributed by atoms with Crippen molar-refractivity contribution in [1.29, 1.82) is 0 Å². The number of hydrogen-bond donors (Lipinski definition) is 0. The summed E-state index contributed by atoms with van der Waals surface area (Å²) in [5, 5.41) is 0.627. The van der Waals surface area contributed by atoms with Gasteiger partial charge in [-0.3, -0.25) is 0 Å². The Balaban J connectivity index is 4.04. The lowest BCUT2D eigenvalue weighted by molar-refractivity contribution is 0.322. The van der Waals surface area contributed by atoms with Crippen LogP contribution in [0.25, 0.3) is 0 Å². The molecule has 3 atom stereocenters. The molecule has 0 N–H and O–H groups in total. The first kappa shape index (κ1) is 17.4. The van der Waals surface area contributed by atoms with Crippen LogP contribution in [0.2, 0.25) is 0 Å². The van der Waals surface area contributed by atoms with Crippen LogP contribution < -0.4 is 0 Å². The summed E-state index contributed by atoms with van der Waals surface area (Å²) >= 11 is 0. The highest BCUT2D eigenvalue weighted by molar-refractivity contribution is 7.39. The van der Waals surface area contributed by atoms with Crippen LogP contribution in [0.3, 0.4) is 0 Å². The Labute approximate surface area is 112 Å². The highest BCUT2D eigenvalue weighted by atomic mass is 31.1. The van der Waals surface area contributed by atoms with Gasteiger partial charge < -0.3 is 0 Å². The molecule has 0 nitrogen and oxygen atoms in total. The van der Waals surface area contributed by atoms with Gasteiger partial charge in [0, 0.05) is 0 Å². The van der Waals surface area contributed by atoms with Crippen molar-refractivity contribution in [3.8, 4) is 0 Å². The summed E-state index contributed by atoms with van der Waals surface area (Å²) < 4.78 is 0. The predicted molar refractivity (Wildman–Crippen MR) is 84.6 cm³/mol. The van der Waals surface area contributed by atoms with Gasteiger partial charge in [-0.15, -0.1) is 8.58 Å². The highest BCUT2D eigenvalue weighted by Gasteiger charge is 2.23. The molecule has 0 amide bonds. The first-order valence-electron chi connectivity index (χ1n) is 7.47. The zero-order valence-electron chi connectivity index (χ0n) is 13.3. The summed E-state index contributed by atoms with van der Waals surface area (Å²) in [4.78, 5) is 0. The minimum atomic E-state index is 0.496. The molecule has 0 spiro atoms. The van der Waals surface area contributed by atoms with E-state index in [1.165, 1.54) is 38.3 Å². The Morgan fingerprint density at radius 1 is 1.06 bits per heavy atom. The topological polar surface area (TPSA) is 0 Å². The van der Waals surface area contributed by atoms with Gasteiger partial charge in [0.2, 0.25) is 0 Å². The molecule has 0 bridgehead atoms. The van der Waals surface area contributed by atoms with Crippen molar-refractivity contribution in [3.63, 3.8) is 0 Å². The van der Waals surface area contributed by atoms with E-state index in [1.807, 2.05) is 0 Å². The van der Waals surface area contributed by atoms with Crippen molar-refractivity contribution >= 4 is 8.58 Å². The predicted octanol–water partition coefficient (Wildman–Crippen LogP) is 6.10. The van der Waals surface area contributed by atoms with Gasteiger partial charge in [0.1, 0.15) is 0 Å². The van der Waals surface area contributed by atoms with Crippen LogP contribution in [0.15, 0.2) is 0 Å². The molecule has 0 aromatic rings. The van der Waals surface area contributed by atoms with Gasteiger partial charge in [-0.05, 0) is 41.9 Å². The smallest absolute Gasteiger partial charge is 0.0153 e. The molecule has 0 aliphatic rings. The summed E-state index contributed by atoms with van der Waals surface area (Å²) in [6, 6.07) is 0. The minimum Gasteiger partial charge on any atom is -0.116 e. The zero-order chi connectivity index (χ0) is 13.5. The Hall–Kier alpha value is 0.430. The van der Waals surface area contributed by atoms with Crippen molar-refractivity contribution in [3.05, 3.63) is 0 Å². The average molecular weight is 258 g/mol. The fraction of sp³-hybridized carbons (Fsp3) is 1.00. The van der Waals surface area contributed by atoms with Crippen LogP contribution in [0.4, 0.5) is 0 Å². The molecular formula is C16H35P. The summed E-state index contributed by atoms with van der Waals surface area (Å²) in [7, 11) is 1.15. The fourth-order valence-electron chi connectivity index (χ4n) is 2.50. The van der Waals surface area contributed by atoms with Gasteiger partial charge in [-0.25, -0.2) is 0 Å². The molecular weight excluding hydrogens is 223 g/mol. The molecule has 0 radical (unpaired) electrons. The van der Waals surface area contributed by atoms with Gasteiger partial charge in [0.15, 0.2) is 0 Å². The van der Waals surface area contributed by atoms with Crippen LogP contribution in [-0.4, -0.2) is 11.3 Å². The molecule has 0 aromatic carbocycles. The first-order valence-corrected chi connectivity index (χ1v) is 8.68. The third-order valence-corrected chi connectivity index (χ3v) is 6.06. The maximum atomic E-state index is 2.50. The normalized spacial score (nSPS) is 18.5. The maximum Gasteiger partial charge on any atom is -0.0153 e. The van der Waals surface area contributed by atoms with E-state index in [1.54, 1.807) is 0 Å². The summed E-state index contributed by atoms with van der Waals surface area (Å²) in [5.41, 5.74) is 0.496. The van der Waals surface area contributed by atoms with Crippen LogP contribution in [-0.2, 0) is 0 Å². The summed E-state index contributed by atoms with van der Waals surface area (Å²) in [6.07, 6.45) is 8.34. The van der Waals surface area contributed by atoms with Crippen molar-refractivity contribution < 1.29 is 0 Å². The van der Waals surface area contributed by atoms with Gasteiger partial charge in [-0.2, -0.15) is 0 Å². The van der Waals surface area contributed by atoms with Crippen molar-refractivity contribution in [2.24, 2.45) is 11.3 Å². The molecule has 0 saturated carbocycles. The van der Waals surface area contributed by atoms with Crippen molar-refractivity contribution in [1.82, 2.24) is 0 Å². The lowest BCUT2D eigenvalue weighted by atomic mass is 9.86. The first-order chi connectivity index (χ1) is 7.72. The molecule has 0 fully saturated rings. The van der Waals surface area contributed by atoms with E-state index in [2.05, 4.69) is 48.5 Å². The van der Waals surface area contributed by atoms with E-state index in [9.17, 15) is 0 Å². The van der Waals surface area contributed by atoms with Crippen LogP contribution in [0.5, 0.6) is 0 Å². The van der Waals surface area contributed by atoms with Gasteiger partial charge in [0.25, 0.3) is 0 Å². The molecule has 0 aliphatic carbocycles. The molecule has 0 aromatic heterocycles. The van der Waals surface area contributed by atoms with Crippen molar-refractivity contribution in [2.45, 2.75) is 85.7 Å². The maximum absolute atomic E-state index is 2.50. The Bertz CT molecular complexity index is 192. The van der Waals surface area contributed by atoms with E-state index in [-0.39, 0.29) is 0 Å². The van der Waals surface area contributed by atoms with Gasteiger partial charge in [-0.1, -0.05) is 61.3 Å². The number of rotatable bonds is 8. The second-order valence-electron chi connectivity index (χ2n) is 7.27. The van der Waals surface area contributed by atoms with Crippen LogP contribution >= 0.6 is 8.58 Å². The molecule has 17 heavy (non-hydrogen) atoms. The minimum absolute atomic E-state index is 0.496. The molecule has 0 saturated heterocycles. The summed E-state index contributed by atoms with van der Waals surface area (Å²) in [5.74, 6) is 0.890. The average Bonchev–Trinajstić information content (AvgIpc) is 2.21. The second-order valence-corrected chi connectivity index (χ2v) is 9.24. The van der Waals surface area contributed by atoms with E-state index < -0.39 is 0 Å². The number of hydrogen-bond acceptors (Lipinski definition) is 0. The van der Waals surface area contributed by atoms with E-state index in [0.29, 0.717) is 10.6 Å². The third-order valence-electron chi connectivity index (χ3n) is 3.70. The molecule has 0 rings (SSSR count). The Morgan fingerprint density at radius 2 is 1.65 bits per heavy atom. The fourth-order valence-corrected chi connectivity index (χ4v) is 4.08. The SMILES string of the molecule is CCCCC(C)(CC)PCC(C)CC(C)(C)C. The third kappa shape index (κ3) is 9.06. The second kappa shape index (κ2) is 7.78. The summed E-state index contributed by atoms with van der Waals surface area (Å²) in [6.45, 7) is 16.7. The molecule has 104 valence electrons.